The topological polar surface area (TPSA) is 33.7 Å². The monoisotopic (exact) mass is 304 g/mol. The predicted octanol–water partition coefficient (Wildman–Crippen LogP) is 1.68. The van der Waals surface area contributed by atoms with Crippen LogP contribution in [-0.4, -0.2) is 63.0 Å². The highest BCUT2D eigenvalue weighted by molar-refractivity contribution is 5.85. The molecule has 3 atom stereocenters. The second-order valence-corrected chi connectivity index (χ2v) is 6.51. The van der Waals surface area contributed by atoms with Crippen molar-refractivity contribution in [1.29, 1.82) is 0 Å². The minimum Gasteiger partial charge on any atom is -0.378 e. The number of rotatable bonds is 4. The third kappa shape index (κ3) is 4.31. The van der Waals surface area contributed by atoms with Gasteiger partial charge < -0.3 is 19.7 Å². The minimum absolute atomic E-state index is 0. The van der Waals surface area contributed by atoms with Crippen molar-refractivity contribution in [2.45, 2.75) is 50.4 Å². The fourth-order valence-electron chi connectivity index (χ4n) is 3.59. The quantitative estimate of drug-likeness (QED) is 0.857. The average molecular weight is 305 g/mol. The van der Waals surface area contributed by atoms with Gasteiger partial charge in [-0.1, -0.05) is 0 Å². The van der Waals surface area contributed by atoms with Crippen molar-refractivity contribution in [3.05, 3.63) is 0 Å². The Hall–Kier alpha value is 0.130. The van der Waals surface area contributed by atoms with Crippen molar-refractivity contribution >= 4 is 12.4 Å². The molecule has 3 aliphatic rings. The van der Waals surface area contributed by atoms with Crippen LogP contribution in [0, 0.1) is 5.92 Å². The number of ether oxygens (including phenoxy) is 2. The van der Waals surface area contributed by atoms with Gasteiger partial charge in [0.15, 0.2) is 0 Å². The maximum atomic E-state index is 6.12. The summed E-state index contributed by atoms with van der Waals surface area (Å²) in [6, 6.07) is 0.616. The van der Waals surface area contributed by atoms with Gasteiger partial charge in [-0.05, 0) is 64.7 Å². The molecule has 3 fully saturated rings. The molecule has 20 heavy (non-hydrogen) atoms. The molecule has 118 valence electrons. The Labute approximate surface area is 129 Å². The van der Waals surface area contributed by atoms with E-state index in [1.165, 1.54) is 38.8 Å². The largest absolute Gasteiger partial charge is 0.378 e. The van der Waals surface area contributed by atoms with Gasteiger partial charge in [0.1, 0.15) is 0 Å². The number of hydrogen-bond donors (Lipinski definition) is 1. The molecule has 3 heterocycles. The molecule has 0 saturated carbocycles. The Morgan fingerprint density at radius 3 is 2.70 bits per heavy atom. The van der Waals surface area contributed by atoms with Crippen molar-refractivity contribution in [1.82, 2.24) is 10.2 Å². The third-order valence-corrected chi connectivity index (χ3v) is 4.95. The number of halogens is 1. The fourth-order valence-corrected chi connectivity index (χ4v) is 3.59. The Bertz CT molecular complexity index is 285. The average Bonchev–Trinajstić information content (AvgIpc) is 2.88. The number of hydrogen-bond acceptors (Lipinski definition) is 4. The van der Waals surface area contributed by atoms with Gasteiger partial charge >= 0.3 is 0 Å². The highest BCUT2D eigenvalue weighted by Gasteiger charge is 2.34. The van der Waals surface area contributed by atoms with E-state index in [9.17, 15) is 0 Å². The van der Waals surface area contributed by atoms with E-state index in [0.717, 1.165) is 32.1 Å². The molecule has 4 nitrogen and oxygen atoms in total. The molecule has 1 N–H and O–H groups in total. The molecule has 0 unspecified atom stereocenters. The summed E-state index contributed by atoms with van der Waals surface area (Å²) < 4.78 is 12.1. The van der Waals surface area contributed by atoms with Crippen molar-refractivity contribution in [2.24, 2.45) is 5.92 Å². The number of nitrogens with one attached hydrogen (secondary N) is 1. The standard InChI is InChI=1S/C15H28N2O2.ClH/c1-17-8-5-12(6-9-17)10-18-11-13-2-3-14-15(19-13)4-7-16-14;/h12-16H,2-11H2,1H3;1H/t13-,14+,15+;/m0./s1. The molecule has 0 amide bonds. The van der Waals surface area contributed by atoms with Crippen molar-refractivity contribution in [3.63, 3.8) is 0 Å². The van der Waals surface area contributed by atoms with E-state index in [-0.39, 0.29) is 12.4 Å². The third-order valence-electron chi connectivity index (χ3n) is 4.95. The molecule has 0 aromatic heterocycles. The van der Waals surface area contributed by atoms with E-state index in [2.05, 4.69) is 17.3 Å². The Balaban J connectivity index is 0.00000147. The number of fused-ring (bicyclic) bond motifs is 1. The summed E-state index contributed by atoms with van der Waals surface area (Å²) >= 11 is 0. The van der Waals surface area contributed by atoms with Crippen LogP contribution >= 0.6 is 12.4 Å². The Kier molecular flexibility index (Phi) is 6.56. The van der Waals surface area contributed by atoms with Crippen LogP contribution in [0.25, 0.3) is 0 Å². The van der Waals surface area contributed by atoms with Crippen molar-refractivity contribution in [2.75, 3.05) is 39.9 Å². The molecule has 3 saturated heterocycles. The van der Waals surface area contributed by atoms with Crippen molar-refractivity contribution < 1.29 is 9.47 Å². The van der Waals surface area contributed by atoms with Gasteiger partial charge in [-0.2, -0.15) is 0 Å². The van der Waals surface area contributed by atoms with Gasteiger partial charge in [-0.25, -0.2) is 0 Å². The van der Waals surface area contributed by atoms with E-state index >= 15 is 0 Å². The van der Waals surface area contributed by atoms with E-state index < -0.39 is 0 Å². The van der Waals surface area contributed by atoms with Crippen LogP contribution in [0.15, 0.2) is 0 Å². The lowest BCUT2D eigenvalue weighted by molar-refractivity contribution is -0.0930. The summed E-state index contributed by atoms with van der Waals surface area (Å²) in [5, 5.41) is 3.52. The zero-order valence-corrected chi connectivity index (χ0v) is 13.4. The van der Waals surface area contributed by atoms with E-state index in [1.54, 1.807) is 0 Å². The molecule has 0 aromatic carbocycles. The number of likely N-dealkylation sites (tertiary alicyclic amines) is 1. The summed E-state index contributed by atoms with van der Waals surface area (Å²) in [6.45, 7) is 5.31. The summed E-state index contributed by atoms with van der Waals surface area (Å²) in [5.74, 6) is 0.765. The summed E-state index contributed by atoms with van der Waals surface area (Å²) in [4.78, 5) is 2.41. The van der Waals surface area contributed by atoms with Crippen LogP contribution in [0.4, 0.5) is 0 Å². The molecular formula is C15H29ClN2O2. The molecule has 0 spiro atoms. The maximum Gasteiger partial charge on any atom is 0.0813 e. The first kappa shape index (κ1) is 16.5. The fraction of sp³-hybridized carbons (Fsp3) is 1.00. The first-order chi connectivity index (χ1) is 9.31. The number of piperidine rings is 1. The van der Waals surface area contributed by atoms with Crippen LogP contribution < -0.4 is 5.32 Å². The second kappa shape index (κ2) is 7.95. The molecule has 0 aromatic rings. The lowest BCUT2D eigenvalue weighted by Crippen LogP contribution is -2.42. The molecule has 0 aliphatic carbocycles. The van der Waals surface area contributed by atoms with Gasteiger partial charge in [-0.15, -0.1) is 12.4 Å². The smallest absolute Gasteiger partial charge is 0.0813 e. The van der Waals surface area contributed by atoms with Crippen LogP contribution in [0.3, 0.4) is 0 Å². The normalized spacial score (nSPS) is 35.5. The molecular weight excluding hydrogens is 276 g/mol. The predicted molar refractivity (Wildman–Crippen MR) is 82.6 cm³/mol. The second-order valence-electron chi connectivity index (χ2n) is 6.51. The lowest BCUT2D eigenvalue weighted by atomic mass is 9.98. The highest BCUT2D eigenvalue weighted by atomic mass is 35.5. The Morgan fingerprint density at radius 2 is 1.90 bits per heavy atom. The Morgan fingerprint density at radius 1 is 1.10 bits per heavy atom. The zero-order chi connectivity index (χ0) is 13.1. The molecule has 5 heteroatoms. The SMILES string of the molecule is CN1CCC(COC[C@@H]2CC[C@H]3NCC[C@H]3O2)CC1.Cl. The first-order valence-electron chi connectivity index (χ1n) is 7.96. The van der Waals surface area contributed by atoms with E-state index in [4.69, 9.17) is 9.47 Å². The maximum absolute atomic E-state index is 6.12. The van der Waals surface area contributed by atoms with Crippen molar-refractivity contribution in [3.8, 4) is 0 Å². The summed E-state index contributed by atoms with van der Waals surface area (Å²) in [6.07, 6.45) is 6.95. The van der Waals surface area contributed by atoms with Gasteiger partial charge in [0.2, 0.25) is 0 Å². The van der Waals surface area contributed by atoms with E-state index in [0.29, 0.717) is 18.2 Å². The lowest BCUT2D eigenvalue weighted by Gasteiger charge is -2.33. The van der Waals surface area contributed by atoms with Crippen LogP contribution in [0.5, 0.6) is 0 Å². The molecule has 0 radical (unpaired) electrons. The molecule has 3 rings (SSSR count). The van der Waals surface area contributed by atoms with Gasteiger partial charge in [0.25, 0.3) is 0 Å². The van der Waals surface area contributed by atoms with Crippen LogP contribution in [0.2, 0.25) is 0 Å². The minimum atomic E-state index is 0. The first-order valence-corrected chi connectivity index (χ1v) is 7.96. The number of nitrogens with zero attached hydrogens (tertiary/aromatic N) is 1. The zero-order valence-electron chi connectivity index (χ0n) is 12.6. The van der Waals surface area contributed by atoms with Gasteiger partial charge in [0.05, 0.1) is 18.8 Å². The van der Waals surface area contributed by atoms with Gasteiger partial charge in [-0.3, -0.25) is 0 Å². The van der Waals surface area contributed by atoms with Crippen LogP contribution in [-0.2, 0) is 9.47 Å². The van der Waals surface area contributed by atoms with Crippen LogP contribution in [0.1, 0.15) is 32.1 Å². The summed E-state index contributed by atoms with van der Waals surface area (Å²) in [7, 11) is 2.21. The summed E-state index contributed by atoms with van der Waals surface area (Å²) in [5.41, 5.74) is 0. The van der Waals surface area contributed by atoms with Gasteiger partial charge in [0, 0.05) is 12.6 Å². The molecule has 0 bridgehead atoms. The highest BCUT2D eigenvalue weighted by Crippen LogP contribution is 2.25. The molecule has 3 aliphatic heterocycles. The van der Waals surface area contributed by atoms with E-state index in [1.807, 2.05) is 0 Å².